The number of aromatic amines is 1. The highest BCUT2D eigenvalue weighted by Crippen LogP contribution is 2.44. The summed E-state index contributed by atoms with van der Waals surface area (Å²) in [6, 6.07) is 7.79. The minimum Gasteiger partial charge on any atom is -0.465 e. The van der Waals surface area contributed by atoms with E-state index in [0.717, 1.165) is 0 Å². The smallest absolute Gasteiger partial charge is 0.407 e. The summed E-state index contributed by atoms with van der Waals surface area (Å²) in [6.45, 7) is 5.33. The number of hydrogen-bond acceptors (Lipinski definition) is 8. The summed E-state index contributed by atoms with van der Waals surface area (Å²) in [5.41, 5.74) is -0.374. The second-order valence-corrected chi connectivity index (χ2v) is 16.2. The van der Waals surface area contributed by atoms with Gasteiger partial charge in [0.05, 0.1) is 35.0 Å². The molecule has 3 aromatic rings. The zero-order valence-electron chi connectivity index (χ0n) is 27.4. The molecule has 264 valence electrons. The van der Waals surface area contributed by atoms with Crippen LogP contribution in [-0.4, -0.2) is 92.9 Å². The second kappa shape index (κ2) is 12.3. The zero-order valence-corrected chi connectivity index (χ0v) is 28.2. The van der Waals surface area contributed by atoms with Crippen molar-refractivity contribution in [1.82, 2.24) is 28.9 Å². The van der Waals surface area contributed by atoms with Gasteiger partial charge in [-0.2, -0.15) is 27.8 Å². The number of carboxylic acid groups (broad SMARTS) is 1. The molecule has 0 aliphatic carbocycles. The van der Waals surface area contributed by atoms with E-state index in [4.69, 9.17) is 5.10 Å². The van der Waals surface area contributed by atoms with Crippen molar-refractivity contribution in [3.63, 3.8) is 0 Å². The molecule has 3 N–H and O–H groups in total. The third-order valence-electron chi connectivity index (χ3n) is 10.1. The first-order chi connectivity index (χ1) is 22.9. The number of nitrogens with one attached hydrogen (secondary N) is 2. The van der Waals surface area contributed by atoms with Crippen LogP contribution < -0.4 is 10.9 Å². The first kappa shape index (κ1) is 34.7. The molecule has 1 amide bonds. The SMILES string of the molecule is CC(C)(C)C1CC(CC#N)(n2nc(Nc3ccc4c(c3)CN(C3CCN(CC(F)(F)F)CC3)S4(=O)=O)c3c(=O)[nH]ccc32)CCN1C(=O)O. The number of likely N-dealkylation sites (tertiary alicyclic amines) is 2. The maximum Gasteiger partial charge on any atom is 0.407 e. The number of hydrogen-bond donors (Lipinski definition) is 3. The standard InChI is InChI=1S/C32H39F3N8O5S/c1-30(2,3)25-17-31(9-11-36,10-15-41(25)29(45)46)43-23-6-12-37-28(44)26(23)27(39-43)38-21-4-5-24-20(16-21)18-42(49(24,47)48)22-7-13-40(14-8-22)19-32(33,34)35/h4-6,12,16,22,25H,7-10,13-15,17-19H2,1-3H3,(H,37,44)(H,38,39)(H,45,46). The average molecular weight is 705 g/mol. The summed E-state index contributed by atoms with van der Waals surface area (Å²) in [5, 5.41) is 28.2. The molecular formula is C32H39F3N8O5S. The van der Waals surface area contributed by atoms with Crippen molar-refractivity contribution in [2.24, 2.45) is 5.41 Å². The number of aromatic nitrogens is 3. The molecule has 49 heavy (non-hydrogen) atoms. The van der Waals surface area contributed by atoms with Gasteiger partial charge in [-0.25, -0.2) is 13.2 Å². The predicted octanol–water partition coefficient (Wildman–Crippen LogP) is 4.80. The van der Waals surface area contributed by atoms with E-state index in [1.54, 1.807) is 22.9 Å². The van der Waals surface area contributed by atoms with Crippen molar-refractivity contribution in [2.45, 2.75) is 88.1 Å². The van der Waals surface area contributed by atoms with Gasteiger partial charge in [0.25, 0.3) is 5.56 Å². The second-order valence-electron chi connectivity index (χ2n) is 14.3. The largest absolute Gasteiger partial charge is 0.465 e. The number of fused-ring (bicyclic) bond motifs is 2. The summed E-state index contributed by atoms with van der Waals surface area (Å²) in [7, 11) is -3.87. The number of halogens is 3. The Morgan fingerprint density at radius 1 is 1.18 bits per heavy atom. The number of carbonyl (C=O) groups is 1. The lowest BCUT2D eigenvalue weighted by molar-refractivity contribution is -0.148. The lowest BCUT2D eigenvalue weighted by Crippen LogP contribution is -2.57. The Balaban J connectivity index is 1.31. The molecule has 2 atom stereocenters. The number of rotatable bonds is 6. The molecule has 2 saturated heterocycles. The third kappa shape index (κ3) is 6.49. The number of piperidine rings is 2. The summed E-state index contributed by atoms with van der Waals surface area (Å²) < 4.78 is 68.7. The number of H-pyrrole nitrogens is 1. The molecule has 3 aliphatic rings. The van der Waals surface area contributed by atoms with Gasteiger partial charge in [-0.15, -0.1) is 0 Å². The highest BCUT2D eigenvalue weighted by molar-refractivity contribution is 7.89. The van der Waals surface area contributed by atoms with Crippen LogP contribution in [0, 0.1) is 16.7 Å². The highest BCUT2D eigenvalue weighted by Gasteiger charge is 2.48. The molecule has 2 fully saturated rings. The molecule has 0 radical (unpaired) electrons. The Kier molecular flexibility index (Phi) is 8.73. The molecule has 3 aliphatic heterocycles. The van der Waals surface area contributed by atoms with Crippen LogP contribution in [-0.2, 0) is 22.1 Å². The number of nitrogens with zero attached hydrogens (tertiary/aromatic N) is 6. The molecule has 0 saturated carbocycles. The van der Waals surface area contributed by atoms with Crippen molar-refractivity contribution < 1.29 is 31.5 Å². The van der Waals surface area contributed by atoms with E-state index in [9.17, 15) is 41.5 Å². The van der Waals surface area contributed by atoms with Gasteiger partial charge in [-0.1, -0.05) is 20.8 Å². The Morgan fingerprint density at radius 3 is 2.53 bits per heavy atom. The minimum atomic E-state index is -4.32. The Morgan fingerprint density at radius 2 is 1.90 bits per heavy atom. The number of sulfonamides is 1. The van der Waals surface area contributed by atoms with E-state index in [2.05, 4.69) is 16.4 Å². The average Bonchev–Trinajstić information content (AvgIpc) is 3.51. The van der Waals surface area contributed by atoms with Crippen molar-refractivity contribution in [3.8, 4) is 6.07 Å². The fraction of sp³-hybridized carbons (Fsp3) is 0.562. The van der Waals surface area contributed by atoms with E-state index in [1.807, 2.05) is 20.8 Å². The predicted molar refractivity (Wildman–Crippen MR) is 174 cm³/mol. The van der Waals surface area contributed by atoms with Gasteiger partial charge in [0.1, 0.15) is 5.39 Å². The van der Waals surface area contributed by atoms with Gasteiger partial charge < -0.3 is 20.3 Å². The van der Waals surface area contributed by atoms with Gasteiger partial charge >= 0.3 is 12.3 Å². The number of benzene rings is 1. The van der Waals surface area contributed by atoms with E-state index in [-0.39, 0.29) is 61.5 Å². The summed E-state index contributed by atoms with van der Waals surface area (Å²) in [4.78, 5) is 30.9. The van der Waals surface area contributed by atoms with E-state index < -0.39 is 57.4 Å². The number of nitriles is 1. The van der Waals surface area contributed by atoms with Crippen LogP contribution in [0.15, 0.2) is 40.2 Å². The lowest BCUT2D eigenvalue weighted by Gasteiger charge is -2.49. The summed E-state index contributed by atoms with van der Waals surface area (Å²) in [6.07, 6.45) is -2.69. The van der Waals surface area contributed by atoms with E-state index in [1.165, 1.54) is 26.4 Å². The number of amides is 1. The lowest BCUT2D eigenvalue weighted by atomic mass is 9.72. The number of anilines is 2. The highest BCUT2D eigenvalue weighted by atomic mass is 32.2. The van der Waals surface area contributed by atoms with Crippen LogP contribution in [0.2, 0.25) is 0 Å². The fourth-order valence-electron chi connectivity index (χ4n) is 7.65. The third-order valence-corrected chi connectivity index (χ3v) is 12.1. The van der Waals surface area contributed by atoms with Crippen molar-refractivity contribution in [3.05, 3.63) is 46.4 Å². The molecule has 17 heteroatoms. The Labute approximate surface area is 281 Å². The van der Waals surface area contributed by atoms with E-state index >= 15 is 0 Å². The number of alkyl halides is 3. The van der Waals surface area contributed by atoms with Crippen LogP contribution in [0.4, 0.5) is 29.5 Å². The molecule has 2 unspecified atom stereocenters. The first-order valence-electron chi connectivity index (χ1n) is 16.1. The molecule has 13 nitrogen and oxygen atoms in total. The molecular weight excluding hydrogens is 665 g/mol. The van der Waals surface area contributed by atoms with Crippen LogP contribution in [0.3, 0.4) is 0 Å². The van der Waals surface area contributed by atoms with Crippen molar-refractivity contribution in [2.75, 3.05) is 31.5 Å². The Hall–Kier alpha value is -4.14. The molecule has 2 aromatic heterocycles. The summed E-state index contributed by atoms with van der Waals surface area (Å²) >= 11 is 0. The van der Waals surface area contributed by atoms with Gasteiger partial charge in [0.15, 0.2) is 5.82 Å². The molecule has 6 rings (SSSR count). The molecule has 0 bridgehead atoms. The summed E-state index contributed by atoms with van der Waals surface area (Å²) in [5.74, 6) is 0.192. The topological polar surface area (TPSA) is 168 Å². The van der Waals surface area contributed by atoms with Crippen LogP contribution in [0.1, 0.15) is 58.4 Å². The normalized spacial score (nSPS) is 23.8. The van der Waals surface area contributed by atoms with Gasteiger partial charge in [-0.3, -0.25) is 14.4 Å². The van der Waals surface area contributed by atoms with Gasteiger partial charge in [0, 0.05) is 50.1 Å². The van der Waals surface area contributed by atoms with Crippen LogP contribution >= 0.6 is 0 Å². The van der Waals surface area contributed by atoms with Crippen molar-refractivity contribution in [1.29, 1.82) is 5.26 Å². The monoisotopic (exact) mass is 704 g/mol. The maximum absolute atomic E-state index is 13.5. The first-order valence-corrected chi connectivity index (χ1v) is 17.6. The molecule has 1 aromatic carbocycles. The van der Waals surface area contributed by atoms with Gasteiger partial charge in [-0.05, 0) is 60.9 Å². The Bertz CT molecular complexity index is 1970. The fourth-order valence-corrected chi connectivity index (χ4v) is 9.51. The molecule has 0 spiro atoms. The van der Waals surface area contributed by atoms with Crippen molar-refractivity contribution >= 4 is 38.5 Å². The van der Waals surface area contributed by atoms with Gasteiger partial charge in [0.2, 0.25) is 10.0 Å². The quantitative estimate of drug-likeness (QED) is 0.327. The minimum absolute atomic E-state index is 0.0255. The van der Waals surface area contributed by atoms with Crippen LogP contribution in [0.25, 0.3) is 10.9 Å². The van der Waals surface area contributed by atoms with E-state index in [0.29, 0.717) is 29.6 Å². The zero-order chi connectivity index (χ0) is 35.5. The number of pyridine rings is 1. The maximum atomic E-state index is 13.5. The molecule has 5 heterocycles. The van der Waals surface area contributed by atoms with Crippen LogP contribution in [0.5, 0.6) is 0 Å².